The highest BCUT2D eigenvalue weighted by molar-refractivity contribution is 5.21. The van der Waals surface area contributed by atoms with Crippen LogP contribution in [0.4, 0.5) is 0 Å². The Bertz CT molecular complexity index is 369. The van der Waals surface area contributed by atoms with Gasteiger partial charge in [0.15, 0.2) is 0 Å². The van der Waals surface area contributed by atoms with E-state index < -0.39 is 0 Å². The average molecular weight is 247 g/mol. The van der Waals surface area contributed by atoms with Crippen LogP contribution in [0.15, 0.2) is 24.3 Å². The largest absolute Gasteiger partial charge is 0.393 e. The van der Waals surface area contributed by atoms with E-state index in [0.717, 1.165) is 31.8 Å². The Balaban J connectivity index is 1.80. The summed E-state index contributed by atoms with van der Waals surface area (Å²) in [5, 5.41) is 9.51. The van der Waals surface area contributed by atoms with Crippen LogP contribution in [0.1, 0.15) is 36.8 Å². The van der Waals surface area contributed by atoms with Gasteiger partial charge in [-0.15, -0.1) is 0 Å². The second-order valence-electron chi connectivity index (χ2n) is 5.86. The van der Waals surface area contributed by atoms with Gasteiger partial charge in [0.2, 0.25) is 0 Å². The fourth-order valence-electron chi connectivity index (χ4n) is 2.95. The summed E-state index contributed by atoms with van der Waals surface area (Å²) < 4.78 is 0. The molecular formula is C16H25NO. The van der Waals surface area contributed by atoms with Crippen LogP contribution < -0.4 is 0 Å². The van der Waals surface area contributed by atoms with Gasteiger partial charge in [0.25, 0.3) is 0 Å². The van der Waals surface area contributed by atoms with E-state index in [2.05, 4.69) is 43.1 Å². The third kappa shape index (κ3) is 4.11. The van der Waals surface area contributed by atoms with Gasteiger partial charge in [-0.2, -0.15) is 0 Å². The molecule has 1 aromatic rings. The molecule has 0 unspecified atom stereocenters. The lowest BCUT2D eigenvalue weighted by Crippen LogP contribution is -2.29. The topological polar surface area (TPSA) is 23.5 Å². The normalized spacial score (nSPS) is 24.4. The number of nitrogens with zero attached hydrogens (tertiary/aromatic N) is 1. The quantitative estimate of drug-likeness (QED) is 0.884. The number of benzene rings is 1. The van der Waals surface area contributed by atoms with Crippen LogP contribution >= 0.6 is 0 Å². The molecule has 1 saturated carbocycles. The zero-order chi connectivity index (χ0) is 13.0. The summed E-state index contributed by atoms with van der Waals surface area (Å²) in [5.41, 5.74) is 2.73. The van der Waals surface area contributed by atoms with Crippen molar-refractivity contribution in [3.8, 4) is 0 Å². The monoisotopic (exact) mass is 247 g/mol. The Labute approximate surface area is 111 Å². The highest BCUT2D eigenvalue weighted by atomic mass is 16.3. The molecule has 1 aliphatic rings. The van der Waals surface area contributed by atoms with Crippen molar-refractivity contribution >= 4 is 0 Å². The molecule has 1 aromatic carbocycles. The van der Waals surface area contributed by atoms with Gasteiger partial charge in [0.1, 0.15) is 0 Å². The van der Waals surface area contributed by atoms with Gasteiger partial charge in [-0.25, -0.2) is 0 Å². The fourth-order valence-corrected chi connectivity index (χ4v) is 2.95. The summed E-state index contributed by atoms with van der Waals surface area (Å²) >= 11 is 0. The van der Waals surface area contributed by atoms with Crippen molar-refractivity contribution in [2.24, 2.45) is 5.92 Å². The molecule has 0 saturated heterocycles. The minimum atomic E-state index is -0.0386. The molecule has 0 aliphatic heterocycles. The molecule has 100 valence electrons. The Morgan fingerprint density at radius 1 is 1.22 bits per heavy atom. The predicted octanol–water partition coefficient (Wildman–Crippen LogP) is 2.98. The lowest BCUT2D eigenvalue weighted by molar-refractivity contribution is 0.0968. The minimum absolute atomic E-state index is 0.0386. The maximum atomic E-state index is 9.51. The van der Waals surface area contributed by atoms with E-state index in [9.17, 15) is 5.11 Å². The molecule has 1 fully saturated rings. The smallest absolute Gasteiger partial charge is 0.0540 e. The molecule has 0 atom stereocenters. The van der Waals surface area contributed by atoms with Crippen molar-refractivity contribution in [1.82, 2.24) is 4.90 Å². The van der Waals surface area contributed by atoms with E-state index in [4.69, 9.17) is 0 Å². The van der Waals surface area contributed by atoms with Gasteiger partial charge >= 0.3 is 0 Å². The lowest BCUT2D eigenvalue weighted by Gasteiger charge is -2.29. The van der Waals surface area contributed by atoms with E-state index in [1.807, 2.05) is 0 Å². The fraction of sp³-hybridized carbons (Fsp3) is 0.625. The zero-order valence-electron chi connectivity index (χ0n) is 11.6. The second kappa shape index (κ2) is 6.35. The number of hydrogen-bond acceptors (Lipinski definition) is 2. The van der Waals surface area contributed by atoms with E-state index in [1.165, 1.54) is 24.0 Å². The SMILES string of the molecule is Cc1cccc(CN(C)CC2CCC(O)CC2)c1. The van der Waals surface area contributed by atoms with Gasteiger partial charge in [0.05, 0.1) is 6.10 Å². The van der Waals surface area contributed by atoms with Gasteiger partial charge in [0, 0.05) is 13.1 Å². The van der Waals surface area contributed by atoms with Gasteiger partial charge < -0.3 is 10.0 Å². The number of rotatable bonds is 4. The molecule has 1 aliphatic carbocycles. The van der Waals surface area contributed by atoms with Crippen LogP contribution in [0.5, 0.6) is 0 Å². The van der Waals surface area contributed by atoms with E-state index in [-0.39, 0.29) is 6.10 Å². The summed E-state index contributed by atoms with van der Waals surface area (Å²) in [4.78, 5) is 2.41. The van der Waals surface area contributed by atoms with Crippen LogP contribution in [0, 0.1) is 12.8 Å². The van der Waals surface area contributed by atoms with Crippen molar-refractivity contribution in [1.29, 1.82) is 0 Å². The molecule has 0 aromatic heterocycles. The molecule has 1 N–H and O–H groups in total. The third-order valence-electron chi connectivity index (χ3n) is 3.92. The minimum Gasteiger partial charge on any atom is -0.393 e. The molecule has 2 heteroatoms. The standard InChI is InChI=1S/C16H25NO/c1-13-4-3-5-15(10-13)12-17(2)11-14-6-8-16(18)9-7-14/h3-5,10,14,16,18H,6-9,11-12H2,1-2H3. The molecule has 0 amide bonds. The first-order chi connectivity index (χ1) is 8.63. The number of aliphatic hydroxyl groups excluding tert-OH is 1. The summed E-state index contributed by atoms with van der Waals surface area (Å²) in [5.74, 6) is 0.767. The molecule has 18 heavy (non-hydrogen) atoms. The van der Waals surface area contributed by atoms with Gasteiger partial charge in [-0.05, 0) is 51.1 Å². The van der Waals surface area contributed by atoms with Crippen molar-refractivity contribution in [3.05, 3.63) is 35.4 Å². The molecular weight excluding hydrogens is 222 g/mol. The molecule has 0 heterocycles. The Morgan fingerprint density at radius 3 is 2.61 bits per heavy atom. The van der Waals surface area contributed by atoms with Gasteiger partial charge in [-0.3, -0.25) is 0 Å². The van der Waals surface area contributed by atoms with Crippen LogP contribution in [0.25, 0.3) is 0 Å². The van der Waals surface area contributed by atoms with E-state index in [0.29, 0.717) is 0 Å². The molecule has 0 radical (unpaired) electrons. The molecule has 0 bridgehead atoms. The Kier molecular flexibility index (Phi) is 4.79. The van der Waals surface area contributed by atoms with Crippen molar-refractivity contribution in [3.63, 3.8) is 0 Å². The highest BCUT2D eigenvalue weighted by Gasteiger charge is 2.20. The lowest BCUT2D eigenvalue weighted by atomic mass is 9.87. The summed E-state index contributed by atoms with van der Waals surface area (Å²) in [7, 11) is 2.20. The summed E-state index contributed by atoms with van der Waals surface area (Å²) in [6.07, 6.45) is 4.30. The van der Waals surface area contributed by atoms with Gasteiger partial charge in [-0.1, -0.05) is 29.8 Å². The first kappa shape index (κ1) is 13.6. The maximum absolute atomic E-state index is 9.51. The zero-order valence-corrected chi connectivity index (χ0v) is 11.6. The third-order valence-corrected chi connectivity index (χ3v) is 3.92. The first-order valence-electron chi connectivity index (χ1n) is 7.05. The highest BCUT2D eigenvalue weighted by Crippen LogP contribution is 2.25. The molecule has 2 nitrogen and oxygen atoms in total. The maximum Gasteiger partial charge on any atom is 0.0540 e. The Morgan fingerprint density at radius 2 is 1.94 bits per heavy atom. The summed E-state index contributed by atoms with van der Waals surface area (Å²) in [6.45, 7) is 4.33. The van der Waals surface area contributed by atoms with Crippen molar-refractivity contribution in [2.75, 3.05) is 13.6 Å². The van der Waals surface area contributed by atoms with E-state index in [1.54, 1.807) is 0 Å². The molecule has 2 rings (SSSR count). The average Bonchev–Trinajstić information content (AvgIpc) is 2.32. The second-order valence-corrected chi connectivity index (χ2v) is 5.86. The molecule has 0 spiro atoms. The van der Waals surface area contributed by atoms with Crippen LogP contribution in [-0.2, 0) is 6.54 Å². The predicted molar refractivity (Wildman–Crippen MR) is 75.5 cm³/mol. The number of aliphatic hydroxyl groups is 1. The van der Waals surface area contributed by atoms with E-state index >= 15 is 0 Å². The van der Waals surface area contributed by atoms with Crippen molar-refractivity contribution < 1.29 is 5.11 Å². The summed E-state index contributed by atoms with van der Waals surface area (Å²) in [6, 6.07) is 8.75. The van der Waals surface area contributed by atoms with Crippen molar-refractivity contribution in [2.45, 2.75) is 45.3 Å². The first-order valence-corrected chi connectivity index (χ1v) is 7.05. The number of aryl methyl sites for hydroxylation is 1. The number of hydrogen-bond donors (Lipinski definition) is 1. The van der Waals surface area contributed by atoms with Crippen LogP contribution in [-0.4, -0.2) is 29.7 Å². The van der Waals surface area contributed by atoms with Crippen LogP contribution in [0.2, 0.25) is 0 Å². The Hall–Kier alpha value is -0.860. The van der Waals surface area contributed by atoms with Crippen LogP contribution in [0.3, 0.4) is 0 Å².